The summed E-state index contributed by atoms with van der Waals surface area (Å²) in [7, 11) is 2.11. The summed E-state index contributed by atoms with van der Waals surface area (Å²) in [6.45, 7) is 3.65. The summed E-state index contributed by atoms with van der Waals surface area (Å²) >= 11 is 0. The molecule has 0 aliphatic carbocycles. The van der Waals surface area contributed by atoms with Crippen LogP contribution in [0, 0.1) is 6.92 Å². The fraction of sp³-hybridized carbons (Fsp3) is 0.190. The molecule has 5 heteroatoms. The number of aryl methyl sites for hydroxylation is 1. The van der Waals surface area contributed by atoms with Crippen LogP contribution in [0.4, 0.5) is 0 Å². The highest BCUT2D eigenvalue weighted by Crippen LogP contribution is 2.15. The van der Waals surface area contributed by atoms with E-state index in [1.807, 2.05) is 48.1 Å². The van der Waals surface area contributed by atoms with Gasteiger partial charge in [0.1, 0.15) is 0 Å². The molecule has 0 unspecified atom stereocenters. The second-order valence-corrected chi connectivity index (χ2v) is 6.53. The van der Waals surface area contributed by atoms with Crippen molar-refractivity contribution in [3.05, 3.63) is 83.9 Å². The van der Waals surface area contributed by atoms with Gasteiger partial charge in [-0.2, -0.15) is 5.10 Å². The lowest BCUT2D eigenvalue weighted by Crippen LogP contribution is -2.19. The predicted octanol–water partition coefficient (Wildman–Crippen LogP) is 3.76. The Balaban J connectivity index is 1.47. The van der Waals surface area contributed by atoms with Crippen LogP contribution in [0.3, 0.4) is 0 Å². The second kappa shape index (κ2) is 7.06. The van der Waals surface area contributed by atoms with Gasteiger partial charge in [0.15, 0.2) is 0 Å². The van der Waals surface area contributed by atoms with E-state index in [0.29, 0.717) is 0 Å². The zero-order valence-corrected chi connectivity index (χ0v) is 15.0. The Morgan fingerprint density at radius 2 is 1.62 bits per heavy atom. The van der Waals surface area contributed by atoms with Crippen LogP contribution in [-0.2, 0) is 13.1 Å². The molecule has 4 aromatic rings. The van der Waals surface area contributed by atoms with E-state index in [1.165, 1.54) is 5.56 Å². The Hall–Kier alpha value is -3.05. The SMILES string of the molecule is Cc1nc2ccccc2nc1CN(C)Cc1ccc(-n2cccn2)cc1. The van der Waals surface area contributed by atoms with E-state index in [4.69, 9.17) is 4.98 Å². The van der Waals surface area contributed by atoms with Crippen molar-refractivity contribution in [1.82, 2.24) is 24.6 Å². The Bertz CT molecular complexity index is 1010. The van der Waals surface area contributed by atoms with E-state index in [0.717, 1.165) is 41.2 Å². The molecular weight excluding hydrogens is 322 g/mol. The highest BCUT2D eigenvalue weighted by Gasteiger charge is 2.09. The van der Waals surface area contributed by atoms with Crippen molar-refractivity contribution in [2.75, 3.05) is 7.05 Å². The van der Waals surface area contributed by atoms with E-state index >= 15 is 0 Å². The fourth-order valence-corrected chi connectivity index (χ4v) is 3.07. The summed E-state index contributed by atoms with van der Waals surface area (Å²) in [5.41, 5.74) is 6.24. The zero-order valence-electron chi connectivity index (χ0n) is 15.0. The third kappa shape index (κ3) is 3.48. The molecule has 2 aromatic heterocycles. The highest BCUT2D eigenvalue weighted by molar-refractivity contribution is 5.74. The van der Waals surface area contributed by atoms with E-state index in [-0.39, 0.29) is 0 Å². The normalized spacial score (nSPS) is 11.3. The van der Waals surface area contributed by atoms with E-state index < -0.39 is 0 Å². The topological polar surface area (TPSA) is 46.8 Å². The maximum Gasteiger partial charge on any atom is 0.0890 e. The van der Waals surface area contributed by atoms with Crippen molar-refractivity contribution in [2.45, 2.75) is 20.0 Å². The third-order valence-corrected chi connectivity index (χ3v) is 4.42. The minimum absolute atomic E-state index is 0.768. The first-order chi connectivity index (χ1) is 12.7. The number of fused-ring (bicyclic) bond motifs is 1. The van der Waals surface area contributed by atoms with Crippen LogP contribution >= 0.6 is 0 Å². The van der Waals surface area contributed by atoms with Gasteiger partial charge in [-0.05, 0) is 49.9 Å². The Kier molecular flexibility index (Phi) is 4.46. The predicted molar refractivity (Wildman–Crippen MR) is 103 cm³/mol. The Morgan fingerprint density at radius 3 is 2.31 bits per heavy atom. The molecule has 0 saturated heterocycles. The molecule has 0 spiro atoms. The lowest BCUT2D eigenvalue weighted by molar-refractivity contribution is 0.314. The van der Waals surface area contributed by atoms with Crippen molar-refractivity contribution in [2.24, 2.45) is 0 Å². The summed E-state index contributed by atoms with van der Waals surface area (Å²) in [5, 5.41) is 4.26. The van der Waals surface area contributed by atoms with Crippen molar-refractivity contribution in [3.63, 3.8) is 0 Å². The average molecular weight is 343 g/mol. The summed E-state index contributed by atoms with van der Waals surface area (Å²) in [4.78, 5) is 11.7. The first-order valence-electron chi connectivity index (χ1n) is 8.69. The van der Waals surface area contributed by atoms with Gasteiger partial charge in [-0.1, -0.05) is 24.3 Å². The van der Waals surface area contributed by atoms with Gasteiger partial charge in [0.25, 0.3) is 0 Å². The molecule has 0 atom stereocenters. The largest absolute Gasteiger partial charge is 0.296 e. The quantitative estimate of drug-likeness (QED) is 0.554. The van der Waals surface area contributed by atoms with Gasteiger partial charge in [-0.25, -0.2) is 14.6 Å². The number of rotatable bonds is 5. The molecule has 0 radical (unpaired) electrons. The fourth-order valence-electron chi connectivity index (χ4n) is 3.07. The van der Waals surface area contributed by atoms with Gasteiger partial charge in [0.05, 0.1) is 28.1 Å². The van der Waals surface area contributed by atoms with Crippen LogP contribution in [0.2, 0.25) is 0 Å². The average Bonchev–Trinajstić information content (AvgIpc) is 3.17. The number of nitrogens with zero attached hydrogens (tertiary/aromatic N) is 5. The van der Waals surface area contributed by atoms with Gasteiger partial charge >= 0.3 is 0 Å². The lowest BCUT2D eigenvalue weighted by Gasteiger charge is -2.18. The van der Waals surface area contributed by atoms with Crippen LogP contribution in [0.25, 0.3) is 16.7 Å². The number of aromatic nitrogens is 4. The minimum atomic E-state index is 0.768. The molecule has 130 valence electrons. The summed E-state index contributed by atoms with van der Waals surface area (Å²) in [6, 6.07) is 18.4. The molecule has 0 fully saturated rings. The number of benzene rings is 2. The van der Waals surface area contributed by atoms with Gasteiger partial charge in [-0.15, -0.1) is 0 Å². The summed E-state index contributed by atoms with van der Waals surface area (Å²) < 4.78 is 1.86. The maximum absolute atomic E-state index is 4.79. The first-order valence-corrected chi connectivity index (χ1v) is 8.69. The molecule has 0 amide bonds. The number of hydrogen-bond donors (Lipinski definition) is 0. The highest BCUT2D eigenvalue weighted by atomic mass is 15.3. The van der Waals surface area contributed by atoms with Gasteiger partial charge < -0.3 is 0 Å². The standard InChI is InChI=1S/C21H21N5/c1-16-21(24-20-7-4-3-6-19(20)23-16)15-25(2)14-17-8-10-18(11-9-17)26-13-5-12-22-26/h3-13H,14-15H2,1-2H3. The van der Waals surface area contributed by atoms with E-state index in [2.05, 4.69) is 46.3 Å². The van der Waals surface area contributed by atoms with Crippen LogP contribution < -0.4 is 0 Å². The smallest absolute Gasteiger partial charge is 0.0890 e. The van der Waals surface area contributed by atoms with Crippen molar-refractivity contribution in [1.29, 1.82) is 0 Å². The molecule has 5 nitrogen and oxygen atoms in total. The van der Waals surface area contributed by atoms with Crippen LogP contribution in [-0.4, -0.2) is 31.7 Å². The number of hydrogen-bond acceptors (Lipinski definition) is 4. The van der Waals surface area contributed by atoms with Gasteiger partial charge in [0.2, 0.25) is 0 Å². The van der Waals surface area contributed by atoms with Crippen LogP contribution in [0.5, 0.6) is 0 Å². The summed E-state index contributed by atoms with van der Waals surface area (Å²) in [6.07, 6.45) is 3.73. The van der Waals surface area contributed by atoms with Gasteiger partial charge in [-0.3, -0.25) is 4.90 Å². The minimum Gasteiger partial charge on any atom is -0.296 e. The summed E-state index contributed by atoms with van der Waals surface area (Å²) in [5.74, 6) is 0. The third-order valence-electron chi connectivity index (χ3n) is 4.42. The van der Waals surface area contributed by atoms with Crippen LogP contribution in [0.15, 0.2) is 67.0 Å². The van der Waals surface area contributed by atoms with Crippen LogP contribution in [0.1, 0.15) is 17.0 Å². The zero-order chi connectivity index (χ0) is 17.9. The molecule has 2 aromatic carbocycles. The van der Waals surface area contributed by atoms with Crippen molar-refractivity contribution in [3.8, 4) is 5.69 Å². The van der Waals surface area contributed by atoms with E-state index in [9.17, 15) is 0 Å². The van der Waals surface area contributed by atoms with E-state index in [1.54, 1.807) is 6.20 Å². The molecule has 0 saturated carbocycles. The Morgan fingerprint density at radius 1 is 0.885 bits per heavy atom. The lowest BCUT2D eigenvalue weighted by atomic mass is 10.2. The molecule has 2 heterocycles. The maximum atomic E-state index is 4.79. The van der Waals surface area contributed by atoms with Crippen molar-refractivity contribution >= 4 is 11.0 Å². The Labute approximate surface area is 152 Å². The molecule has 0 aliphatic rings. The first kappa shape index (κ1) is 16.4. The monoisotopic (exact) mass is 343 g/mol. The molecule has 0 aliphatic heterocycles. The molecule has 0 bridgehead atoms. The number of para-hydroxylation sites is 2. The molecular formula is C21H21N5. The molecule has 0 N–H and O–H groups in total. The second-order valence-electron chi connectivity index (χ2n) is 6.53. The molecule has 26 heavy (non-hydrogen) atoms. The molecule has 4 rings (SSSR count). The van der Waals surface area contributed by atoms with Crippen molar-refractivity contribution < 1.29 is 0 Å². The van der Waals surface area contributed by atoms with Gasteiger partial charge in [0, 0.05) is 25.5 Å².